The molecule has 9 heteroatoms. The number of carbonyl (C=O) groups is 1. The highest BCUT2D eigenvalue weighted by atomic mass is 16.5. The van der Waals surface area contributed by atoms with Gasteiger partial charge >= 0.3 is 5.97 Å². The molecule has 3 aromatic rings. The number of aliphatic carboxylic acids is 1. The van der Waals surface area contributed by atoms with Crippen LogP contribution in [0.4, 0.5) is 0 Å². The molecule has 4 rings (SSSR count). The van der Waals surface area contributed by atoms with E-state index in [4.69, 9.17) is 14.8 Å². The van der Waals surface area contributed by atoms with Gasteiger partial charge in [-0.1, -0.05) is 6.07 Å². The molecule has 1 fully saturated rings. The van der Waals surface area contributed by atoms with Gasteiger partial charge in [-0.05, 0) is 49.4 Å². The van der Waals surface area contributed by atoms with Crippen LogP contribution >= 0.6 is 0 Å². The van der Waals surface area contributed by atoms with Crippen molar-refractivity contribution in [2.45, 2.75) is 38.9 Å². The first kappa shape index (κ1) is 23.2. The van der Waals surface area contributed by atoms with Crippen molar-refractivity contribution >= 4 is 17.0 Å². The van der Waals surface area contributed by atoms with Gasteiger partial charge in [0.25, 0.3) is 5.56 Å². The van der Waals surface area contributed by atoms with Crippen LogP contribution in [0.1, 0.15) is 24.0 Å². The molecule has 0 aliphatic carbocycles. The molecule has 0 bridgehead atoms. The Morgan fingerprint density at radius 3 is 2.73 bits per heavy atom. The summed E-state index contributed by atoms with van der Waals surface area (Å²) in [4.78, 5) is 28.3. The van der Waals surface area contributed by atoms with Crippen molar-refractivity contribution in [3.8, 4) is 11.4 Å². The Balaban J connectivity index is 1.73. The average molecular weight is 455 g/mol. The molecule has 1 saturated heterocycles. The van der Waals surface area contributed by atoms with Gasteiger partial charge in [0.1, 0.15) is 11.9 Å². The lowest BCUT2D eigenvalue weighted by molar-refractivity contribution is -0.140. The van der Waals surface area contributed by atoms with Gasteiger partial charge in [-0.15, -0.1) is 0 Å². The fourth-order valence-electron chi connectivity index (χ4n) is 4.35. The largest absolute Gasteiger partial charge is 0.480 e. The lowest BCUT2D eigenvalue weighted by atomic mass is 10.00. The van der Waals surface area contributed by atoms with E-state index in [0.717, 1.165) is 60.6 Å². The molecule has 1 aliphatic heterocycles. The molecule has 176 valence electrons. The maximum atomic E-state index is 12.2. The van der Waals surface area contributed by atoms with E-state index in [2.05, 4.69) is 9.88 Å². The number of pyridine rings is 1. The van der Waals surface area contributed by atoms with E-state index in [9.17, 15) is 14.7 Å². The normalized spacial score (nSPS) is 15.7. The number of nitrogens with one attached hydrogen (secondary N) is 1. The molecule has 3 N–H and O–H groups in total. The summed E-state index contributed by atoms with van der Waals surface area (Å²) in [6.45, 7) is 3.96. The van der Waals surface area contributed by atoms with Gasteiger partial charge in [0.05, 0.1) is 17.6 Å². The highest BCUT2D eigenvalue weighted by Crippen LogP contribution is 2.29. The van der Waals surface area contributed by atoms with Crippen molar-refractivity contribution in [2.24, 2.45) is 13.0 Å². The first-order chi connectivity index (χ1) is 15.9. The summed E-state index contributed by atoms with van der Waals surface area (Å²) in [5.41, 5.74) is 4.18. The van der Waals surface area contributed by atoms with Crippen LogP contribution in [0.2, 0.25) is 0 Å². The van der Waals surface area contributed by atoms with Gasteiger partial charge in [-0.2, -0.15) is 0 Å². The molecule has 0 radical (unpaired) electrons. The second-order valence-electron chi connectivity index (χ2n) is 8.71. The summed E-state index contributed by atoms with van der Waals surface area (Å²) >= 11 is 0. The van der Waals surface area contributed by atoms with Gasteiger partial charge in [0.2, 0.25) is 0 Å². The van der Waals surface area contributed by atoms with E-state index in [1.807, 2.05) is 30.5 Å². The minimum Gasteiger partial charge on any atom is -0.480 e. The van der Waals surface area contributed by atoms with Crippen LogP contribution < -0.4 is 10.9 Å². The molecular weight excluding hydrogens is 424 g/mol. The van der Waals surface area contributed by atoms with Crippen molar-refractivity contribution in [1.29, 1.82) is 0 Å². The molecule has 1 atom stereocenters. The number of fused-ring (bicyclic) bond motifs is 1. The SMILES string of the molecule is Cc1cc(-c2nc3cc(CN[C@@H](CO)C(=O)O)ccc3n2CC2CCOCC2)cn(C)c1=O. The van der Waals surface area contributed by atoms with Crippen molar-refractivity contribution in [3.05, 3.63) is 51.9 Å². The standard InChI is InChI=1S/C24H30N4O5/c1-15-9-18(13-27(2)23(15)30)22-26-19-10-17(11-25-20(14-29)24(31)32)3-4-21(19)28(22)12-16-5-7-33-8-6-16/h3-4,9-10,13,16,20,25,29H,5-8,11-12,14H2,1-2H3,(H,31,32)/t20-/m0/s1. The number of rotatable bonds is 8. The molecule has 0 saturated carbocycles. The van der Waals surface area contributed by atoms with Gasteiger partial charge < -0.3 is 24.1 Å². The number of ether oxygens (including phenoxy) is 1. The second kappa shape index (κ2) is 9.86. The Bertz CT molecular complexity index is 1180. The van der Waals surface area contributed by atoms with Crippen molar-refractivity contribution in [1.82, 2.24) is 19.4 Å². The van der Waals surface area contributed by atoms with Crippen LogP contribution in [0.25, 0.3) is 22.4 Å². The van der Waals surface area contributed by atoms with Gasteiger partial charge in [0, 0.05) is 50.7 Å². The molecule has 3 heterocycles. The van der Waals surface area contributed by atoms with Gasteiger partial charge in [-0.25, -0.2) is 4.98 Å². The third kappa shape index (κ3) is 5.00. The van der Waals surface area contributed by atoms with Gasteiger partial charge in [0.15, 0.2) is 0 Å². The number of aliphatic hydroxyl groups is 1. The molecule has 2 aromatic heterocycles. The van der Waals surface area contributed by atoms with Crippen LogP contribution in [0.3, 0.4) is 0 Å². The quantitative estimate of drug-likeness (QED) is 0.474. The monoisotopic (exact) mass is 454 g/mol. The number of benzene rings is 1. The first-order valence-electron chi connectivity index (χ1n) is 11.2. The Kier molecular flexibility index (Phi) is 6.92. The zero-order valence-electron chi connectivity index (χ0n) is 19.0. The number of hydrogen-bond acceptors (Lipinski definition) is 6. The van der Waals surface area contributed by atoms with E-state index in [1.54, 1.807) is 18.5 Å². The van der Waals surface area contributed by atoms with Crippen LogP contribution in [0.15, 0.2) is 35.3 Å². The third-order valence-corrected chi connectivity index (χ3v) is 6.25. The van der Waals surface area contributed by atoms with Crippen LogP contribution in [-0.2, 0) is 29.7 Å². The Morgan fingerprint density at radius 1 is 1.30 bits per heavy atom. The maximum Gasteiger partial charge on any atom is 0.323 e. The summed E-state index contributed by atoms with van der Waals surface area (Å²) in [5.74, 6) is 0.191. The summed E-state index contributed by atoms with van der Waals surface area (Å²) in [7, 11) is 1.74. The van der Waals surface area contributed by atoms with Crippen LogP contribution in [0.5, 0.6) is 0 Å². The van der Waals surface area contributed by atoms with Crippen molar-refractivity contribution in [2.75, 3.05) is 19.8 Å². The van der Waals surface area contributed by atoms with E-state index < -0.39 is 18.6 Å². The number of aryl methyl sites for hydroxylation is 2. The van der Waals surface area contributed by atoms with E-state index in [0.29, 0.717) is 18.0 Å². The number of carboxylic acid groups (broad SMARTS) is 1. The Hall–Kier alpha value is -3.01. The molecule has 0 amide bonds. The number of nitrogens with zero attached hydrogens (tertiary/aromatic N) is 3. The highest BCUT2D eigenvalue weighted by molar-refractivity contribution is 5.81. The lowest BCUT2D eigenvalue weighted by Gasteiger charge is -2.23. The zero-order valence-corrected chi connectivity index (χ0v) is 19.0. The molecule has 1 aliphatic rings. The fourth-order valence-corrected chi connectivity index (χ4v) is 4.35. The predicted octanol–water partition coefficient (Wildman–Crippen LogP) is 1.67. The van der Waals surface area contributed by atoms with E-state index in [-0.39, 0.29) is 5.56 Å². The Morgan fingerprint density at radius 2 is 2.06 bits per heavy atom. The van der Waals surface area contributed by atoms with Crippen molar-refractivity contribution in [3.63, 3.8) is 0 Å². The smallest absolute Gasteiger partial charge is 0.323 e. The maximum absolute atomic E-state index is 12.2. The summed E-state index contributed by atoms with van der Waals surface area (Å²) in [5, 5.41) is 21.2. The zero-order chi connectivity index (χ0) is 23.5. The lowest BCUT2D eigenvalue weighted by Crippen LogP contribution is -2.39. The Labute approximate surface area is 191 Å². The topological polar surface area (TPSA) is 119 Å². The third-order valence-electron chi connectivity index (χ3n) is 6.25. The minimum atomic E-state index is -1.09. The number of imidazole rings is 1. The van der Waals surface area contributed by atoms with Gasteiger partial charge in [-0.3, -0.25) is 14.9 Å². The van der Waals surface area contributed by atoms with Crippen LogP contribution in [0, 0.1) is 12.8 Å². The predicted molar refractivity (Wildman–Crippen MR) is 124 cm³/mol. The first-order valence-corrected chi connectivity index (χ1v) is 11.2. The molecule has 33 heavy (non-hydrogen) atoms. The second-order valence-corrected chi connectivity index (χ2v) is 8.71. The molecule has 0 unspecified atom stereocenters. The molecule has 9 nitrogen and oxygen atoms in total. The average Bonchev–Trinajstić information content (AvgIpc) is 3.15. The molecule has 0 spiro atoms. The number of aromatic nitrogens is 3. The summed E-state index contributed by atoms with van der Waals surface area (Å²) < 4.78 is 9.32. The van der Waals surface area contributed by atoms with E-state index >= 15 is 0 Å². The summed E-state index contributed by atoms with van der Waals surface area (Å²) in [6.07, 6.45) is 3.80. The molecule has 1 aromatic carbocycles. The fraction of sp³-hybridized carbons (Fsp3) is 0.458. The van der Waals surface area contributed by atoms with E-state index in [1.165, 1.54) is 0 Å². The molecular formula is C24H30N4O5. The van der Waals surface area contributed by atoms with Crippen molar-refractivity contribution < 1.29 is 19.7 Å². The minimum absolute atomic E-state index is 0.0314. The number of carboxylic acids is 1. The highest BCUT2D eigenvalue weighted by Gasteiger charge is 2.21. The number of aliphatic hydroxyl groups excluding tert-OH is 1. The van der Waals surface area contributed by atoms with Crippen LogP contribution in [-0.4, -0.2) is 56.2 Å². The summed E-state index contributed by atoms with van der Waals surface area (Å²) in [6, 6.07) is 6.76. The number of hydrogen-bond donors (Lipinski definition) is 3.